The van der Waals surface area contributed by atoms with E-state index in [-0.39, 0.29) is 6.61 Å². The number of benzene rings is 2. The Morgan fingerprint density at radius 2 is 0.946 bits per heavy atom. The SMILES string of the molecule is CCC(C)c1ccc(CO)cc1.CCC(C)c1ccc(COCCOCCOCCOCCOC)cc1. The summed E-state index contributed by atoms with van der Waals surface area (Å²) in [4.78, 5) is 0. The molecule has 210 valence electrons. The van der Waals surface area contributed by atoms with Crippen molar-refractivity contribution in [2.24, 2.45) is 0 Å². The van der Waals surface area contributed by atoms with Gasteiger partial charge in [-0.15, -0.1) is 0 Å². The molecule has 0 aliphatic heterocycles. The second-order valence-corrected chi connectivity index (χ2v) is 9.14. The third-order valence-electron chi connectivity index (χ3n) is 6.32. The Morgan fingerprint density at radius 3 is 1.32 bits per heavy atom. The summed E-state index contributed by atoms with van der Waals surface area (Å²) in [5.74, 6) is 1.24. The van der Waals surface area contributed by atoms with E-state index in [9.17, 15) is 0 Å². The summed E-state index contributed by atoms with van der Waals surface area (Å²) in [6, 6.07) is 16.8. The topological polar surface area (TPSA) is 66.4 Å². The van der Waals surface area contributed by atoms with Gasteiger partial charge in [-0.3, -0.25) is 0 Å². The van der Waals surface area contributed by atoms with Crippen LogP contribution >= 0.6 is 0 Å². The first-order valence-corrected chi connectivity index (χ1v) is 13.6. The predicted octanol–water partition coefficient (Wildman–Crippen LogP) is 6.11. The molecule has 0 aliphatic rings. The number of hydrogen-bond donors (Lipinski definition) is 1. The first kappa shape index (κ1) is 33.2. The Hall–Kier alpha value is -1.80. The van der Waals surface area contributed by atoms with Gasteiger partial charge in [-0.25, -0.2) is 0 Å². The van der Waals surface area contributed by atoms with Crippen LogP contribution in [0, 0.1) is 0 Å². The van der Waals surface area contributed by atoms with Crippen LogP contribution in [0.2, 0.25) is 0 Å². The van der Waals surface area contributed by atoms with Gasteiger partial charge in [0.2, 0.25) is 0 Å². The van der Waals surface area contributed by atoms with Gasteiger partial charge < -0.3 is 28.8 Å². The van der Waals surface area contributed by atoms with E-state index >= 15 is 0 Å². The van der Waals surface area contributed by atoms with E-state index in [0.29, 0.717) is 71.3 Å². The minimum Gasteiger partial charge on any atom is -0.392 e. The molecule has 0 aliphatic carbocycles. The summed E-state index contributed by atoms with van der Waals surface area (Å²) in [5.41, 5.74) is 4.93. The minimum atomic E-state index is 0.140. The molecular formula is C31H50O6. The third kappa shape index (κ3) is 15.9. The van der Waals surface area contributed by atoms with Crippen molar-refractivity contribution in [3.63, 3.8) is 0 Å². The van der Waals surface area contributed by atoms with Gasteiger partial charge >= 0.3 is 0 Å². The molecular weight excluding hydrogens is 468 g/mol. The van der Waals surface area contributed by atoms with Crippen LogP contribution < -0.4 is 0 Å². The number of ether oxygens (including phenoxy) is 5. The molecule has 0 amide bonds. The van der Waals surface area contributed by atoms with Gasteiger partial charge in [-0.05, 0) is 46.9 Å². The van der Waals surface area contributed by atoms with Crippen molar-refractivity contribution in [1.29, 1.82) is 0 Å². The second kappa shape index (κ2) is 22.2. The molecule has 0 aromatic heterocycles. The predicted molar refractivity (Wildman–Crippen MR) is 150 cm³/mol. The normalized spacial score (nSPS) is 12.6. The zero-order valence-electron chi connectivity index (χ0n) is 23.7. The smallest absolute Gasteiger partial charge is 0.0718 e. The zero-order chi connectivity index (χ0) is 27.1. The Morgan fingerprint density at radius 1 is 0.568 bits per heavy atom. The molecule has 0 bridgehead atoms. The van der Waals surface area contributed by atoms with Crippen molar-refractivity contribution >= 4 is 0 Å². The highest BCUT2D eigenvalue weighted by molar-refractivity contribution is 5.25. The molecule has 6 nitrogen and oxygen atoms in total. The van der Waals surface area contributed by atoms with E-state index in [4.69, 9.17) is 28.8 Å². The fourth-order valence-corrected chi connectivity index (χ4v) is 3.36. The fraction of sp³-hybridized carbons (Fsp3) is 0.613. The van der Waals surface area contributed by atoms with Gasteiger partial charge in [0.25, 0.3) is 0 Å². The average molecular weight is 519 g/mol. The lowest BCUT2D eigenvalue weighted by molar-refractivity contribution is -0.00948. The van der Waals surface area contributed by atoms with Crippen LogP contribution in [0.3, 0.4) is 0 Å². The highest BCUT2D eigenvalue weighted by Gasteiger charge is 2.03. The van der Waals surface area contributed by atoms with Gasteiger partial charge in [-0.1, -0.05) is 76.2 Å². The van der Waals surface area contributed by atoms with Crippen molar-refractivity contribution < 1.29 is 28.8 Å². The highest BCUT2D eigenvalue weighted by atomic mass is 16.6. The summed E-state index contributed by atoms with van der Waals surface area (Å²) < 4.78 is 26.7. The Kier molecular flexibility index (Phi) is 19.9. The van der Waals surface area contributed by atoms with Crippen molar-refractivity contribution in [3.05, 3.63) is 70.8 Å². The lowest BCUT2D eigenvalue weighted by atomic mass is 9.98. The summed E-state index contributed by atoms with van der Waals surface area (Å²) >= 11 is 0. The van der Waals surface area contributed by atoms with E-state index in [1.807, 2.05) is 12.1 Å². The van der Waals surface area contributed by atoms with Crippen molar-refractivity contribution in [3.8, 4) is 0 Å². The molecule has 6 heteroatoms. The van der Waals surface area contributed by atoms with E-state index < -0.39 is 0 Å². The molecule has 0 fully saturated rings. The summed E-state index contributed by atoms with van der Waals surface area (Å²) in [6.07, 6.45) is 2.33. The van der Waals surface area contributed by atoms with Crippen molar-refractivity contribution in [1.82, 2.24) is 0 Å². The van der Waals surface area contributed by atoms with E-state index in [1.54, 1.807) is 7.11 Å². The van der Waals surface area contributed by atoms with Crippen LogP contribution in [0.1, 0.15) is 74.6 Å². The standard InChI is InChI=1S/C20H34O5.C11H16O/c1-4-18(2)20-7-5-19(6-8-20)17-25-16-15-24-14-13-23-12-11-22-10-9-21-3;1-3-9(2)11-6-4-10(8-12)5-7-11/h5-8,18H,4,9-17H2,1-3H3;4-7,9,12H,3,8H2,1-2H3. The van der Waals surface area contributed by atoms with Gasteiger partial charge in [0.1, 0.15) is 0 Å². The molecule has 2 aromatic rings. The molecule has 0 heterocycles. The third-order valence-corrected chi connectivity index (χ3v) is 6.32. The van der Waals surface area contributed by atoms with Crippen LogP contribution in [0.25, 0.3) is 0 Å². The number of rotatable bonds is 19. The van der Waals surface area contributed by atoms with Crippen molar-refractivity contribution in [2.75, 3.05) is 60.0 Å². The molecule has 2 atom stereocenters. The number of hydrogen-bond acceptors (Lipinski definition) is 6. The molecule has 1 N–H and O–H groups in total. The summed E-state index contributed by atoms with van der Waals surface area (Å²) in [6.45, 7) is 14.3. The van der Waals surface area contributed by atoms with Gasteiger partial charge in [0, 0.05) is 7.11 Å². The largest absolute Gasteiger partial charge is 0.392 e. The van der Waals surface area contributed by atoms with Gasteiger partial charge in [0.15, 0.2) is 0 Å². The number of aliphatic hydroxyl groups excluding tert-OH is 1. The Labute approximate surface area is 225 Å². The molecule has 2 aromatic carbocycles. The lowest BCUT2D eigenvalue weighted by Gasteiger charge is -2.10. The molecule has 2 unspecified atom stereocenters. The van der Waals surface area contributed by atoms with Gasteiger partial charge in [0.05, 0.1) is 66.1 Å². The van der Waals surface area contributed by atoms with Gasteiger partial charge in [-0.2, -0.15) is 0 Å². The molecule has 2 rings (SSSR count). The number of methoxy groups -OCH3 is 1. The highest BCUT2D eigenvalue weighted by Crippen LogP contribution is 2.19. The van der Waals surface area contributed by atoms with Crippen LogP contribution in [0.4, 0.5) is 0 Å². The Bertz CT molecular complexity index is 762. The molecule has 0 radical (unpaired) electrons. The Balaban J connectivity index is 0.000000474. The van der Waals surface area contributed by atoms with Crippen LogP contribution in [-0.2, 0) is 36.9 Å². The molecule has 0 saturated heterocycles. The maximum atomic E-state index is 8.82. The maximum Gasteiger partial charge on any atom is 0.0718 e. The summed E-state index contributed by atoms with van der Waals surface area (Å²) in [7, 11) is 1.66. The molecule has 37 heavy (non-hydrogen) atoms. The second-order valence-electron chi connectivity index (χ2n) is 9.14. The molecule has 0 spiro atoms. The van der Waals surface area contributed by atoms with E-state index in [0.717, 1.165) is 12.0 Å². The summed E-state index contributed by atoms with van der Waals surface area (Å²) in [5, 5.41) is 8.82. The first-order valence-electron chi connectivity index (χ1n) is 13.6. The van der Waals surface area contributed by atoms with E-state index in [1.165, 1.54) is 23.1 Å². The number of aliphatic hydroxyl groups is 1. The average Bonchev–Trinajstić information content (AvgIpc) is 2.95. The van der Waals surface area contributed by atoms with E-state index in [2.05, 4.69) is 64.1 Å². The first-order chi connectivity index (χ1) is 18.0. The monoisotopic (exact) mass is 518 g/mol. The molecule has 0 saturated carbocycles. The minimum absolute atomic E-state index is 0.140. The quantitative estimate of drug-likeness (QED) is 0.227. The lowest BCUT2D eigenvalue weighted by Crippen LogP contribution is -2.12. The van der Waals surface area contributed by atoms with Crippen molar-refractivity contribution in [2.45, 2.75) is 65.6 Å². The fourth-order valence-electron chi connectivity index (χ4n) is 3.36. The van der Waals surface area contributed by atoms with Crippen LogP contribution in [-0.4, -0.2) is 65.1 Å². The maximum absolute atomic E-state index is 8.82. The van der Waals surface area contributed by atoms with Crippen LogP contribution in [0.5, 0.6) is 0 Å². The van der Waals surface area contributed by atoms with Crippen LogP contribution in [0.15, 0.2) is 48.5 Å². The zero-order valence-corrected chi connectivity index (χ0v) is 23.7.